The Morgan fingerprint density at radius 2 is 1.97 bits per heavy atom. The molecule has 9 heteroatoms. The average molecular weight is 423 g/mol. The maximum Gasteiger partial charge on any atom is 0.341 e. The molecule has 0 aliphatic heterocycles. The second kappa shape index (κ2) is 9.58. The van der Waals surface area contributed by atoms with Crippen molar-refractivity contribution in [2.24, 2.45) is 11.8 Å². The van der Waals surface area contributed by atoms with Crippen LogP contribution in [0.4, 0.5) is 5.69 Å². The van der Waals surface area contributed by atoms with Gasteiger partial charge in [-0.05, 0) is 50.5 Å². The van der Waals surface area contributed by atoms with E-state index in [1.54, 1.807) is 26.2 Å². The minimum absolute atomic E-state index is 0.211. The Balaban J connectivity index is 1.62. The highest BCUT2D eigenvalue weighted by Gasteiger charge is 2.26. The van der Waals surface area contributed by atoms with Gasteiger partial charge in [0.25, 0.3) is 0 Å². The normalized spacial score (nSPS) is 19.9. The van der Waals surface area contributed by atoms with Gasteiger partial charge in [-0.1, -0.05) is 6.92 Å². The van der Waals surface area contributed by atoms with Crippen LogP contribution in [0.2, 0.25) is 0 Å². The van der Waals surface area contributed by atoms with E-state index in [0.717, 1.165) is 48.9 Å². The van der Waals surface area contributed by atoms with Crippen molar-refractivity contribution in [3.8, 4) is 0 Å². The van der Waals surface area contributed by atoms with Gasteiger partial charge in [0.1, 0.15) is 11.2 Å². The minimum atomic E-state index is -3.17. The number of nitrogens with zero attached hydrogens (tertiary/aromatic N) is 1. The van der Waals surface area contributed by atoms with E-state index in [4.69, 9.17) is 4.74 Å². The van der Waals surface area contributed by atoms with Gasteiger partial charge in [0.15, 0.2) is 0 Å². The van der Waals surface area contributed by atoms with Gasteiger partial charge in [-0.3, -0.25) is 0 Å². The summed E-state index contributed by atoms with van der Waals surface area (Å²) in [6, 6.07) is 1.90. The number of rotatable bonds is 9. The summed E-state index contributed by atoms with van der Waals surface area (Å²) in [5, 5.41) is 4.31. The van der Waals surface area contributed by atoms with Crippen molar-refractivity contribution < 1.29 is 17.9 Å². The fourth-order valence-electron chi connectivity index (χ4n) is 4.00. The molecule has 0 atom stereocenters. The van der Waals surface area contributed by atoms with E-state index in [2.05, 4.69) is 20.0 Å². The molecule has 0 spiro atoms. The number of hydrogen-bond donors (Lipinski definition) is 3. The second-order valence-corrected chi connectivity index (χ2v) is 9.41. The second-order valence-electron chi connectivity index (χ2n) is 7.55. The lowest BCUT2D eigenvalue weighted by Crippen LogP contribution is -2.32. The molecule has 1 aliphatic rings. The average Bonchev–Trinajstić information content (AvgIpc) is 3.16. The van der Waals surface area contributed by atoms with Crippen LogP contribution in [0, 0.1) is 11.8 Å². The van der Waals surface area contributed by atoms with Gasteiger partial charge in [-0.25, -0.2) is 22.9 Å². The molecule has 3 N–H and O–H groups in total. The Bertz CT molecular complexity index is 933. The van der Waals surface area contributed by atoms with E-state index in [0.29, 0.717) is 24.6 Å². The number of aromatic nitrogens is 2. The number of nitrogens with one attached hydrogen (secondary N) is 3. The summed E-state index contributed by atoms with van der Waals surface area (Å²) in [6.07, 6.45) is 7.08. The Hall–Kier alpha value is -2.13. The largest absolute Gasteiger partial charge is 0.462 e. The molecule has 2 heterocycles. The van der Waals surface area contributed by atoms with Gasteiger partial charge in [0.2, 0.25) is 10.0 Å². The lowest BCUT2D eigenvalue weighted by Gasteiger charge is -2.29. The highest BCUT2D eigenvalue weighted by molar-refractivity contribution is 7.89. The van der Waals surface area contributed by atoms with Crippen molar-refractivity contribution in [2.75, 3.05) is 30.8 Å². The number of hydrogen-bond acceptors (Lipinski definition) is 6. The van der Waals surface area contributed by atoms with E-state index in [1.165, 1.54) is 0 Å². The lowest BCUT2D eigenvalue weighted by molar-refractivity contribution is 0.0527. The van der Waals surface area contributed by atoms with E-state index < -0.39 is 10.0 Å². The molecule has 0 aromatic carbocycles. The fraction of sp³-hybridized carbons (Fsp3) is 0.600. The van der Waals surface area contributed by atoms with Crippen LogP contribution < -0.4 is 10.0 Å². The Morgan fingerprint density at radius 3 is 2.66 bits per heavy atom. The van der Waals surface area contributed by atoms with Gasteiger partial charge in [-0.15, -0.1) is 0 Å². The molecule has 160 valence electrons. The van der Waals surface area contributed by atoms with Gasteiger partial charge < -0.3 is 15.0 Å². The summed E-state index contributed by atoms with van der Waals surface area (Å²) in [5.74, 6) is 0.471. The molecule has 0 amide bonds. The van der Waals surface area contributed by atoms with Crippen LogP contribution in [0.25, 0.3) is 11.0 Å². The molecule has 8 nitrogen and oxygen atoms in total. The highest BCUT2D eigenvalue weighted by atomic mass is 32.2. The third-order valence-electron chi connectivity index (χ3n) is 5.44. The van der Waals surface area contributed by atoms with Crippen molar-refractivity contribution in [2.45, 2.75) is 39.5 Å². The smallest absolute Gasteiger partial charge is 0.341 e. The topological polar surface area (TPSA) is 113 Å². The number of esters is 1. The van der Waals surface area contributed by atoms with Crippen molar-refractivity contribution in [3.05, 3.63) is 24.0 Å². The monoisotopic (exact) mass is 422 g/mol. The molecule has 1 saturated carbocycles. The van der Waals surface area contributed by atoms with Crippen LogP contribution in [-0.4, -0.2) is 49.8 Å². The number of H-pyrrole nitrogens is 1. The first kappa shape index (κ1) is 21.6. The van der Waals surface area contributed by atoms with E-state index in [9.17, 15) is 13.2 Å². The maximum absolute atomic E-state index is 12.3. The number of fused-ring (bicyclic) bond motifs is 1. The molecular weight excluding hydrogens is 392 g/mol. The van der Waals surface area contributed by atoms with Crippen molar-refractivity contribution in [3.63, 3.8) is 0 Å². The zero-order valence-electron chi connectivity index (χ0n) is 17.0. The molecule has 0 unspecified atom stereocenters. The molecule has 1 aliphatic carbocycles. The van der Waals surface area contributed by atoms with Crippen LogP contribution in [0.15, 0.2) is 18.5 Å². The quantitative estimate of drug-likeness (QED) is 0.536. The third kappa shape index (κ3) is 5.48. The zero-order valence-corrected chi connectivity index (χ0v) is 17.8. The summed E-state index contributed by atoms with van der Waals surface area (Å²) >= 11 is 0. The maximum atomic E-state index is 12.3. The van der Waals surface area contributed by atoms with E-state index >= 15 is 0 Å². The van der Waals surface area contributed by atoms with Crippen LogP contribution in [0.3, 0.4) is 0 Å². The minimum Gasteiger partial charge on any atom is -0.462 e. The molecule has 29 heavy (non-hydrogen) atoms. The first-order valence-corrected chi connectivity index (χ1v) is 11.9. The SMILES string of the molecule is CCNS(=O)(=O)CC1CCC(CNc2c(C(=O)OCC)cnc3[nH]ccc23)CC1. The van der Waals surface area contributed by atoms with E-state index in [1.807, 2.05) is 6.07 Å². The predicted molar refractivity (Wildman–Crippen MR) is 113 cm³/mol. The Morgan fingerprint density at radius 1 is 1.24 bits per heavy atom. The molecule has 0 radical (unpaired) electrons. The van der Waals surface area contributed by atoms with Crippen molar-refractivity contribution in [1.82, 2.24) is 14.7 Å². The van der Waals surface area contributed by atoms with Crippen LogP contribution in [-0.2, 0) is 14.8 Å². The van der Waals surface area contributed by atoms with Crippen LogP contribution >= 0.6 is 0 Å². The van der Waals surface area contributed by atoms with Crippen molar-refractivity contribution >= 4 is 32.7 Å². The zero-order chi connectivity index (χ0) is 20.9. The van der Waals surface area contributed by atoms with E-state index in [-0.39, 0.29) is 17.6 Å². The molecule has 0 saturated heterocycles. The number of ether oxygens (including phenoxy) is 1. The summed E-state index contributed by atoms with van der Waals surface area (Å²) in [4.78, 5) is 19.7. The van der Waals surface area contributed by atoms with Gasteiger partial charge in [0.05, 0.1) is 18.0 Å². The molecule has 2 aromatic rings. The number of pyridine rings is 1. The number of aromatic amines is 1. The lowest BCUT2D eigenvalue weighted by atomic mass is 9.83. The number of sulfonamides is 1. The van der Waals surface area contributed by atoms with Crippen molar-refractivity contribution in [1.29, 1.82) is 0 Å². The van der Waals surface area contributed by atoms with Gasteiger partial charge in [0, 0.05) is 30.9 Å². The number of anilines is 1. The standard InChI is InChI=1S/C20H30N4O4S/c1-3-24-29(26,27)13-15-7-5-14(6-8-15)11-22-18-16-9-10-21-19(16)23-12-17(18)20(25)28-4-2/h9-10,12,14-15,24H,3-8,11,13H2,1-2H3,(H2,21,22,23). The van der Waals surface area contributed by atoms with Crippen LogP contribution in [0.1, 0.15) is 49.9 Å². The molecule has 1 fully saturated rings. The first-order valence-electron chi connectivity index (χ1n) is 10.3. The predicted octanol–water partition coefficient (Wildman–Crippen LogP) is 2.90. The summed E-state index contributed by atoms with van der Waals surface area (Å²) < 4.78 is 31.7. The van der Waals surface area contributed by atoms with Crippen LogP contribution in [0.5, 0.6) is 0 Å². The highest BCUT2D eigenvalue weighted by Crippen LogP contribution is 2.31. The first-order chi connectivity index (χ1) is 13.9. The molecular formula is C20H30N4O4S. The molecule has 3 rings (SSSR count). The number of carbonyl (C=O) groups excluding carboxylic acids is 1. The molecule has 2 aromatic heterocycles. The Labute approximate surface area is 171 Å². The molecule has 0 bridgehead atoms. The van der Waals surface area contributed by atoms with Gasteiger partial charge in [-0.2, -0.15) is 0 Å². The Kier molecular flexibility index (Phi) is 7.13. The summed E-state index contributed by atoms with van der Waals surface area (Å²) in [7, 11) is -3.17. The van der Waals surface area contributed by atoms with Gasteiger partial charge >= 0.3 is 5.97 Å². The third-order valence-corrected chi connectivity index (χ3v) is 7.07. The summed E-state index contributed by atoms with van der Waals surface area (Å²) in [6.45, 7) is 5.05. The fourth-order valence-corrected chi connectivity index (χ4v) is 5.51. The number of carbonyl (C=O) groups is 1. The summed E-state index contributed by atoms with van der Waals surface area (Å²) in [5.41, 5.74) is 1.90.